The van der Waals surface area contributed by atoms with Crippen molar-refractivity contribution >= 4 is 11.7 Å². The Morgan fingerprint density at radius 1 is 0.943 bits per heavy atom. The van der Waals surface area contributed by atoms with E-state index in [1.807, 2.05) is 78.9 Å². The largest absolute Gasteiger partial charge is 0.503 e. The molecule has 1 amide bonds. The number of ether oxygens (including phenoxy) is 1. The van der Waals surface area contributed by atoms with E-state index in [4.69, 9.17) is 4.74 Å². The Labute approximate surface area is 206 Å². The second-order valence-electron chi connectivity index (χ2n) is 9.18. The standard InChI is InChI=1S/C30H31NO4/c1-20(2)23-12-14-24(15-13-23)28-27(26(32)18-11-21-7-5-4-6-8-21)29(33)30(34)31(28)19-22-9-16-25(35-3)17-10-22/h4-10,12-17,20,28,33H,11,18-19H2,1-3H3. The van der Waals surface area contributed by atoms with Crippen molar-refractivity contribution in [1.82, 2.24) is 4.90 Å². The molecule has 0 fully saturated rings. The van der Waals surface area contributed by atoms with Crippen molar-refractivity contribution in [3.05, 3.63) is 112 Å². The van der Waals surface area contributed by atoms with Crippen LogP contribution in [0.3, 0.4) is 0 Å². The summed E-state index contributed by atoms with van der Waals surface area (Å²) >= 11 is 0. The van der Waals surface area contributed by atoms with Crippen LogP contribution in [0.2, 0.25) is 0 Å². The van der Waals surface area contributed by atoms with Crippen LogP contribution in [-0.4, -0.2) is 28.8 Å². The molecular formula is C30H31NO4. The number of aryl methyl sites for hydroxylation is 1. The van der Waals surface area contributed by atoms with Gasteiger partial charge in [-0.05, 0) is 46.7 Å². The van der Waals surface area contributed by atoms with Crippen molar-refractivity contribution in [2.75, 3.05) is 7.11 Å². The maximum Gasteiger partial charge on any atom is 0.290 e. The highest BCUT2D eigenvalue weighted by Crippen LogP contribution is 2.40. The van der Waals surface area contributed by atoms with E-state index in [0.29, 0.717) is 12.3 Å². The molecule has 0 aromatic heterocycles. The van der Waals surface area contributed by atoms with Crippen molar-refractivity contribution in [3.8, 4) is 5.75 Å². The number of hydrogen-bond acceptors (Lipinski definition) is 4. The number of aliphatic hydroxyl groups excluding tert-OH is 1. The monoisotopic (exact) mass is 469 g/mol. The number of methoxy groups -OCH3 is 1. The average Bonchev–Trinajstić information content (AvgIpc) is 3.13. The first-order chi connectivity index (χ1) is 16.9. The minimum absolute atomic E-state index is 0.178. The number of Topliss-reactive ketones (excluding diaryl/α,β-unsaturated/α-hetero) is 1. The Morgan fingerprint density at radius 2 is 1.60 bits per heavy atom. The molecule has 1 heterocycles. The van der Waals surface area contributed by atoms with Gasteiger partial charge in [0.2, 0.25) is 0 Å². The van der Waals surface area contributed by atoms with E-state index in [0.717, 1.165) is 22.4 Å². The Hall–Kier alpha value is -3.86. The van der Waals surface area contributed by atoms with Crippen LogP contribution in [0.25, 0.3) is 0 Å². The summed E-state index contributed by atoms with van der Waals surface area (Å²) in [4.78, 5) is 28.2. The van der Waals surface area contributed by atoms with Crippen LogP contribution in [0.5, 0.6) is 5.75 Å². The summed E-state index contributed by atoms with van der Waals surface area (Å²) in [5.74, 6) is -0.105. The fourth-order valence-electron chi connectivity index (χ4n) is 4.48. The predicted octanol–water partition coefficient (Wildman–Crippen LogP) is 5.92. The van der Waals surface area contributed by atoms with E-state index in [9.17, 15) is 14.7 Å². The molecule has 0 spiro atoms. The Morgan fingerprint density at radius 3 is 2.20 bits per heavy atom. The van der Waals surface area contributed by atoms with E-state index in [1.54, 1.807) is 12.0 Å². The van der Waals surface area contributed by atoms with E-state index < -0.39 is 17.7 Å². The number of carbonyl (C=O) groups excluding carboxylic acids is 2. The van der Waals surface area contributed by atoms with Gasteiger partial charge in [0.1, 0.15) is 5.75 Å². The van der Waals surface area contributed by atoms with Crippen LogP contribution in [0.15, 0.2) is 90.2 Å². The Balaban J connectivity index is 1.66. The molecule has 1 unspecified atom stereocenters. The normalized spacial score (nSPS) is 15.7. The van der Waals surface area contributed by atoms with Crippen LogP contribution >= 0.6 is 0 Å². The van der Waals surface area contributed by atoms with Gasteiger partial charge in [-0.25, -0.2) is 0 Å². The highest BCUT2D eigenvalue weighted by molar-refractivity contribution is 6.09. The van der Waals surface area contributed by atoms with Crippen molar-refractivity contribution in [3.63, 3.8) is 0 Å². The molecule has 35 heavy (non-hydrogen) atoms. The van der Waals surface area contributed by atoms with Gasteiger partial charge in [-0.3, -0.25) is 9.59 Å². The third-order valence-corrected chi connectivity index (χ3v) is 6.52. The Kier molecular flexibility index (Phi) is 7.35. The van der Waals surface area contributed by atoms with E-state index in [-0.39, 0.29) is 24.3 Å². The number of hydrogen-bond donors (Lipinski definition) is 1. The van der Waals surface area contributed by atoms with Gasteiger partial charge in [-0.15, -0.1) is 0 Å². The number of benzene rings is 3. The van der Waals surface area contributed by atoms with Gasteiger partial charge < -0.3 is 14.7 Å². The lowest BCUT2D eigenvalue weighted by Crippen LogP contribution is -2.30. The summed E-state index contributed by atoms with van der Waals surface area (Å²) in [6.07, 6.45) is 0.760. The molecule has 4 rings (SSSR count). The lowest BCUT2D eigenvalue weighted by Gasteiger charge is -2.27. The topological polar surface area (TPSA) is 66.8 Å². The number of rotatable bonds is 9. The molecule has 1 N–H and O–H groups in total. The van der Waals surface area contributed by atoms with E-state index in [2.05, 4.69) is 13.8 Å². The van der Waals surface area contributed by atoms with Gasteiger partial charge in [0.15, 0.2) is 11.5 Å². The zero-order valence-electron chi connectivity index (χ0n) is 20.4. The van der Waals surface area contributed by atoms with Crippen molar-refractivity contribution < 1.29 is 19.4 Å². The first-order valence-corrected chi connectivity index (χ1v) is 11.9. The zero-order chi connectivity index (χ0) is 24.9. The van der Waals surface area contributed by atoms with Gasteiger partial charge in [0.25, 0.3) is 5.91 Å². The predicted molar refractivity (Wildman–Crippen MR) is 136 cm³/mol. The molecule has 0 saturated heterocycles. The Bertz CT molecular complexity index is 1210. The summed E-state index contributed by atoms with van der Waals surface area (Å²) in [5, 5.41) is 10.9. The molecule has 5 nitrogen and oxygen atoms in total. The fourth-order valence-corrected chi connectivity index (χ4v) is 4.48. The van der Waals surface area contributed by atoms with Crippen LogP contribution in [0, 0.1) is 0 Å². The van der Waals surface area contributed by atoms with Gasteiger partial charge in [-0.1, -0.05) is 80.6 Å². The number of aliphatic hydroxyl groups is 1. The second-order valence-corrected chi connectivity index (χ2v) is 9.18. The first-order valence-electron chi connectivity index (χ1n) is 11.9. The van der Waals surface area contributed by atoms with E-state index in [1.165, 1.54) is 5.56 Å². The number of ketones is 1. The molecule has 1 atom stereocenters. The highest BCUT2D eigenvalue weighted by Gasteiger charge is 2.43. The van der Waals surface area contributed by atoms with Gasteiger partial charge >= 0.3 is 0 Å². The van der Waals surface area contributed by atoms with Gasteiger partial charge in [-0.2, -0.15) is 0 Å². The summed E-state index contributed by atoms with van der Waals surface area (Å²) < 4.78 is 5.24. The molecule has 5 heteroatoms. The summed E-state index contributed by atoms with van der Waals surface area (Å²) in [7, 11) is 1.60. The quantitative estimate of drug-likeness (QED) is 0.423. The van der Waals surface area contributed by atoms with Crippen LogP contribution in [0.1, 0.15) is 54.5 Å². The van der Waals surface area contributed by atoms with Crippen LogP contribution < -0.4 is 4.74 Å². The fraction of sp³-hybridized carbons (Fsp3) is 0.267. The minimum atomic E-state index is -0.644. The maximum absolute atomic E-state index is 13.4. The number of carbonyl (C=O) groups is 2. The molecule has 3 aromatic carbocycles. The minimum Gasteiger partial charge on any atom is -0.503 e. The molecule has 0 aliphatic carbocycles. The lowest BCUT2D eigenvalue weighted by molar-refractivity contribution is -0.130. The lowest BCUT2D eigenvalue weighted by atomic mass is 9.91. The van der Waals surface area contributed by atoms with Crippen LogP contribution in [-0.2, 0) is 22.6 Å². The summed E-state index contributed by atoms with van der Waals surface area (Å²) in [6, 6.07) is 24.5. The highest BCUT2D eigenvalue weighted by atomic mass is 16.5. The second kappa shape index (κ2) is 10.6. The van der Waals surface area contributed by atoms with E-state index >= 15 is 0 Å². The smallest absolute Gasteiger partial charge is 0.290 e. The van der Waals surface area contributed by atoms with Gasteiger partial charge in [0, 0.05) is 13.0 Å². The molecule has 0 radical (unpaired) electrons. The SMILES string of the molecule is COc1ccc(CN2C(=O)C(O)=C(C(=O)CCc3ccccc3)C2c2ccc(C(C)C)cc2)cc1. The summed E-state index contributed by atoms with van der Waals surface area (Å²) in [6.45, 7) is 4.50. The molecule has 1 aliphatic rings. The first kappa shape index (κ1) is 24.3. The third-order valence-electron chi connectivity index (χ3n) is 6.52. The molecule has 180 valence electrons. The molecule has 1 aliphatic heterocycles. The number of amides is 1. The maximum atomic E-state index is 13.4. The van der Waals surface area contributed by atoms with Crippen molar-refractivity contribution in [1.29, 1.82) is 0 Å². The van der Waals surface area contributed by atoms with Crippen LogP contribution in [0.4, 0.5) is 0 Å². The molecular weight excluding hydrogens is 438 g/mol. The van der Waals surface area contributed by atoms with Crippen molar-refractivity contribution in [2.24, 2.45) is 0 Å². The summed E-state index contributed by atoms with van der Waals surface area (Å²) in [5.41, 5.74) is 4.08. The molecule has 0 bridgehead atoms. The molecule has 3 aromatic rings. The van der Waals surface area contributed by atoms with Gasteiger partial charge in [0.05, 0.1) is 18.7 Å². The zero-order valence-corrected chi connectivity index (χ0v) is 20.4. The molecule has 0 saturated carbocycles. The van der Waals surface area contributed by atoms with Crippen molar-refractivity contribution in [2.45, 2.75) is 45.2 Å². The number of nitrogens with zero attached hydrogens (tertiary/aromatic N) is 1. The third kappa shape index (κ3) is 5.29. The average molecular weight is 470 g/mol.